The standard InChI is InChI=1S/C40H44N2O6/c43-36(38-20-28-18-29(21-38)40(30(19-28)22-38)46-39(47-48-40)15-6-1-7-16-39)41-23-26-9-8-10-27(17-26)24-42-37(44)45-25-35-33-13-4-2-11-31(33)32-12-3-5-14-34(32)35/h2-5,8-14,17,28-30,35H,1,6-7,15-16,18-25H2,(H,41,43)(H,42,44). The lowest BCUT2D eigenvalue weighted by Crippen LogP contribution is -2.65. The molecule has 3 aromatic carbocycles. The van der Waals surface area contributed by atoms with Gasteiger partial charge in [-0.3, -0.25) is 4.79 Å². The molecule has 6 fully saturated rings. The Hall–Kier alpha value is -3.72. The van der Waals surface area contributed by atoms with Crippen molar-refractivity contribution in [2.45, 2.75) is 94.8 Å². The minimum absolute atomic E-state index is 0.0228. The van der Waals surface area contributed by atoms with Gasteiger partial charge in [-0.1, -0.05) is 79.2 Å². The molecule has 0 radical (unpaired) electrons. The van der Waals surface area contributed by atoms with E-state index in [0.29, 0.717) is 19.0 Å². The molecule has 7 aliphatic rings. The van der Waals surface area contributed by atoms with Crippen LogP contribution in [-0.4, -0.2) is 30.2 Å². The third-order valence-corrected chi connectivity index (χ3v) is 12.3. The number of hydrogen-bond donors (Lipinski definition) is 2. The van der Waals surface area contributed by atoms with Gasteiger partial charge in [0.2, 0.25) is 17.5 Å². The van der Waals surface area contributed by atoms with Crippen LogP contribution >= 0.6 is 0 Å². The zero-order valence-corrected chi connectivity index (χ0v) is 27.4. The van der Waals surface area contributed by atoms with Crippen LogP contribution < -0.4 is 10.6 Å². The quantitative estimate of drug-likeness (QED) is 0.258. The summed E-state index contributed by atoms with van der Waals surface area (Å²) in [6.45, 7) is 1.08. The van der Waals surface area contributed by atoms with E-state index in [9.17, 15) is 9.59 Å². The first kappa shape index (κ1) is 30.3. The minimum atomic E-state index is -0.688. The topological polar surface area (TPSA) is 95.1 Å². The molecule has 2 amide bonds. The third kappa shape index (κ3) is 5.06. The molecule has 6 aliphatic carbocycles. The molecule has 2 unspecified atom stereocenters. The summed E-state index contributed by atoms with van der Waals surface area (Å²) in [5.41, 5.74) is 6.38. The molecule has 2 atom stereocenters. The second-order valence-electron chi connectivity index (χ2n) is 15.3. The van der Waals surface area contributed by atoms with Gasteiger partial charge in [0.05, 0.1) is 5.41 Å². The maximum atomic E-state index is 13.9. The van der Waals surface area contributed by atoms with E-state index in [0.717, 1.165) is 68.9 Å². The van der Waals surface area contributed by atoms with Crippen molar-refractivity contribution in [3.05, 3.63) is 95.1 Å². The van der Waals surface area contributed by atoms with Gasteiger partial charge in [0.15, 0.2) is 0 Å². The number of amides is 2. The van der Waals surface area contributed by atoms with Crippen molar-refractivity contribution in [1.29, 1.82) is 0 Å². The molecule has 3 aromatic rings. The van der Waals surface area contributed by atoms with Crippen molar-refractivity contribution in [1.82, 2.24) is 10.6 Å². The molecule has 8 heteroatoms. The summed E-state index contributed by atoms with van der Waals surface area (Å²) in [6.07, 6.45) is 9.39. The third-order valence-electron chi connectivity index (χ3n) is 12.3. The van der Waals surface area contributed by atoms with E-state index in [1.807, 2.05) is 48.5 Å². The SMILES string of the molecule is O=C(NCc1cccc(CNC(=O)C23CC4CC(C2)C2(OOC5(CCCCC5)O2)C(C4)C3)c1)OCC1c2ccccc2-c2ccccc21. The van der Waals surface area contributed by atoms with Crippen LogP contribution in [0.15, 0.2) is 72.8 Å². The summed E-state index contributed by atoms with van der Waals surface area (Å²) in [4.78, 5) is 38.9. The molecule has 1 heterocycles. The van der Waals surface area contributed by atoms with Crippen LogP contribution in [0.2, 0.25) is 0 Å². The average molecular weight is 649 g/mol. The fourth-order valence-electron chi connectivity index (χ4n) is 10.3. The number of hydrogen-bond acceptors (Lipinski definition) is 6. The molecule has 2 N–H and O–H groups in total. The van der Waals surface area contributed by atoms with Crippen molar-refractivity contribution < 1.29 is 28.8 Å². The number of benzene rings is 3. The molecular formula is C40H44N2O6. The molecule has 8 nitrogen and oxygen atoms in total. The highest BCUT2D eigenvalue weighted by Crippen LogP contribution is 2.67. The lowest BCUT2D eigenvalue weighted by Gasteiger charge is -2.61. The van der Waals surface area contributed by atoms with Crippen molar-refractivity contribution in [2.24, 2.45) is 23.2 Å². The Balaban J connectivity index is 0.793. The van der Waals surface area contributed by atoms with Gasteiger partial charge in [-0.05, 0) is 84.2 Å². The number of alkyl carbamates (subject to hydrolysis) is 1. The fourth-order valence-corrected chi connectivity index (χ4v) is 10.3. The van der Waals surface area contributed by atoms with E-state index in [1.165, 1.54) is 28.7 Å². The Morgan fingerprint density at radius 2 is 1.40 bits per heavy atom. The first-order chi connectivity index (χ1) is 23.4. The summed E-state index contributed by atoms with van der Waals surface area (Å²) in [5, 5.41) is 6.20. The van der Waals surface area contributed by atoms with Crippen molar-refractivity contribution in [3.8, 4) is 11.1 Å². The zero-order chi connectivity index (χ0) is 32.3. The number of fused-ring (bicyclic) bond motifs is 3. The van der Waals surface area contributed by atoms with Gasteiger partial charge in [-0.2, -0.15) is 9.78 Å². The first-order valence-corrected chi connectivity index (χ1v) is 18.0. The highest BCUT2D eigenvalue weighted by atomic mass is 17.3. The van der Waals surface area contributed by atoms with E-state index in [2.05, 4.69) is 34.9 Å². The van der Waals surface area contributed by atoms with Gasteiger partial charge < -0.3 is 20.1 Å². The summed E-state index contributed by atoms with van der Waals surface area (Å²) in [7, 11) is 0. The Labute approximate surface area is 281 Å². The molecule has 48 heavy (non-hydrogen) atoms. The van der Waals surface area contributed by atoms with Crippen molar-refractivity contribution >= 4 is 12.0 Å². The minimum Gasteiger partial charge on any atom is -0.449 e. The molecular weight excluding hydrogens is 604 g/mol. The van der Waals surface area contributed by atoms with E-state index in [1.54, 1.807) is 0 Å². The molecule has 5 saturated carbocycles. The Bertz CT molecular complexity index is 1670. The normalized spacial score (nSPS) is 30.7. The van der Waals surface area contributed by atoms with Gasteiger partial charge in [-0.25, -0.2) is 4.79 Å². The van der Waals surface area contributed by atoms with Gasteiger partial charge in [0, 0.05) is 43.7 Å². The second-order valence-corrected chi connectivity index (χ2v) is 15.3. The Morgan fingerprint density at radius 3 is 2.08 bits per heavy atom. The van der Waals surface area contributed by atoms with E-state index in [-0.39, 0.29) is 35.7 Å². The number of nitrogens with one attached hydrogen (secondary N) is 2. The van der Waals surface area contributed by atoms with Crippen LogP contribution in [0, 0.1) is 23.2 Å². The molecule has 4 bridgehead atoms. The molecule has 0 aromatic heterocycles. The summed E-state index contributed by atoms with van der Waals surface area (Å²) < 4.78 is 12.5. The number of carbonyl (C=O) groups excluding carboxylic acids is 2. The van der Waals surface area contributed by atoms with Crippen LogP contribution in [0.5, 0.6) is 0 Å². The predicted octanol–water partition coefficient (Wildman–Crippen LogP) is 7.50. The molecule has 1 aliphatic heterocycles. The van der Waals surface area contributed by atoms with Crippen LogP contribution in [-0.2, 0) is 37.1 Å². The van der Waals surface area contributed by atoms with Gasteiger partial charge in [-0.15, -0.1) is 0 Å². The van der Waals surface area contributed by atoms with Crippen LogP contribution in [0.3, 0.4) is 0 Å². The summed E-state index contributed by atoms with van der Waals surface area (Å²) in [6, 6.07) is 24.7. The molecule has 2 spiro atoms. The highest BCUT2D eigenvalue weighted by Gasteiger charge is 2.70. The maximum absolute atomic E-state index is 13.9. The lowest BCUT2D eigenvalue weighted by molar-refractivity contribution is -0.393. The van der Waals surface area contributed by atoms with Crippen molar-refractivity contribution in [3.63, 3.8) is 0 Å². The summed E-state index contributed by atoms with van der Waals surface area (Å²) in [5.74, 6) is -0.215. The highest BCUT2D eigenvalue weighted by molar-refractivity contribution is 5.83. The van der Waals surface area contributed by atoms with Gasteiger partial charge in [0.25, 0.3) is 0 Å². The number of carbonyl (C=O) groups is 2. The van der Waals surface area contributed by atoms with E-state index in [4.69, 9.17) is 19.2 Å². The van der Waals surface area contributed by atoms with Crippen LogP contribution in [0.4, 0.5) is 4.79 Å². The number of ether oxygens (including phenoxy) is 2. The lowest BCUT2D eigenvalue weighted by atomic mass is 9.47. The zero-order valence-electron chi connectivity index (χ0n) is 27.4. The summed E-state index contributed by atoms with van der Waals surface area (Å²) >= 11 is 0. The molecule has 1 saturated heterocycles. The second kappa shape index (κ2) is 11.7. The average Bonchev–Trinajstić information content (AvgIpc) is 3.64. The van der Waals surface area contributed by atoms with Gasteiger partial charge in [0.1, 0.15) is 6.61 Å². The Morgan fingerprint density at radius 1 is 0.750 bits per heavy atom. The predicted molar refractivity (Wildman–Crippen MR) is 178 cm³/mol. The van der Waals surface area contributed by atoms with Gasteiger partial charge >= 0.3 is 6.09 Å². The maximum Gasteiger partial charge on any atom is 0.407 e. The monoisotopic (exact) mass is 648 g/mol. The van der Waals surface area contributed by atoms with Crippen molar-refractivity contribution in [2.75, 3.05) is 6.61 Å². The molecule has 250 valence electrons. The molecule has 10 rings (SSSR count). The van der Waals surface area contributed by atoms with E-state index >= 15 is 0 Å². The fraction of sp³-hybridized carbons (Fsp3) is 0.500. The van der Waals surface area contributed by atoms with Crippen LogP contribution in [0.1, 0.15) is 92.4 Å². The smallest absolute Gasteiger partial charge is 0.407 e. The first-order valence-electron chi connectivity index (χ1n) is 18.0. The Kier molecular flexibility index (Phi) is 7.40. The number of rotatable bonds is 7. The van der Waals surface area contributed by atoms with Crippen LogP contribution in [0.25, 0.3) is 11.1 Å². The largest absolute Gasteiger partial charge is 0.449 e. The van der Waals surface area contributed by atoms with E-state index < -0.39 is 17.7 Å².